The van der Waals surface area contributed by atoms with Gasteiger partial charge in [-0.15, -0.1) is 11.3 Å². The van der Waals surface area contributed by atoms with Gasteiger partial charge in [-0.1, -0.05) is 70.5 Å². The molecule has 0 saturated heterocycles. The molecule has 20 heavy (non-hydrogen) atoms. The average Bonchev–Trinajstić information content (AvgIpc) is 2.88. The lowest BCUT2D eigenvalue weighted by molar-refractivity contribution is 1.66. The molecule has 0 nitrogen and oxygen atoms in total. The minimum absolute atomic E-state index is 1.17. The fraction of sp³-hybridized carbons (Fsp3) is 0. The van der Waals surface area contributed by atoms with Gasteiger partial charge in [0.1, 0.15) is 0 Å². The molecule has 0 atom stereocenters. The van der Waals surface area contributed by atoms with Crippen molar-refractivity contribution in [1.82, 2.24) is 0 Å². The Morgan fingerprint density at radius 3 is 2.35 bits per heavy atom. The highest BCUT2D eigenvalue weighted by atomic mass is 79.9. The van der Waals surface area contributed by atoms with E-state index in [0.29, 0.717) is 0 Å². The number of hydrogen-bond acceptors (Lipinski definition) is 1. The van der Waals surface area contributed by atoms with Gasteiger partial charge in [-0.05, 0) is 23.3 Å². The molecule has 0 saturated carbocycles. The summed E-state index contributed by atoms with van der Waals surface area (Å²) in [6.45, 7) is 0. The maximum atomic E-state index is 3.71. The van der Waals surface area contributed by atoms with Gasteiger partial charge < -0.3 is 0 Å². The Morgan fingerprint density at radius 1 is 0.750 bits per heavy atom. The zero-order chi connectivity index (χ0) is 13.5. The lowest BCUT2D eigenvalue weighted by atomic mass is 10.0. The van der Waals surface area contributed by atoms with Crippen LogP contribution in [0.5, 0.6) is 0 Å². The smallest absolute Gasteiger partial charge is 0.0445 e. The minimum atomic E-state index is 1.17. The molecule has 0 aliphatic rings. The Bertz CT molecular complexity index is 907. The summed E-state index contributed by atoms with van der Waals surface area (Å²) in [5.41, 5.74) is 2.58. The van der Waals surface area contributed by atoms with Crippen LogP contribution in [0.2, 0.25) is 0 Å². The standard InChI is InChI=1S/C18H11BrS/c19-15-11-10-13(12-6-2-1-3-7-12)18-17(15)14-8-4-5-9-16(14)20-18/h1-11H. The van der Waals surface area contributed by atoms with Gasteiger partial charge in [0.15, 0.2) is 0 Å². The summed E-state index contributed by atoms with van der Waals surface area (Å²) >= 11 is 5.58. The van der Waals surface area contributed by atoms with E-state index < -0.39 is 0 Å². The maximum Gasteiger partial charge on any atom is 0.0445 e. The van der Waals surface area contributed by atoms with Crippen molar-refractivity contribution in [3.8, 4) is 11.1 Å². The minimum Gasteiger partial charge on any atom is -0.134 e. The largest absolute Gasteiger partial charge is 0.134 e. The van der Waals surface area contributed by atoms with Crippen molar-refractivity contribution in [1.29, 1.82) is 0 Å². The molecule has 2 heteroatoms. The summed E-state index contributed by atoms with van der Waals surface area (Å²) < 4.78 is 3.86. The van der Waals surface area contributed by atoms with Crippen molar-refractivity contribution in [2.24, 2.45) is 0 Å². The summed E-state index contributed by atoms with van der Waals surface area (Å²) in [6, 6.07) is 23.6. The third-order valence-corrected chi connectivity index (χ3v) is 5.42. The average molecular weight is 339 g/mol. The molecule has 3 aromatic carbocycles. The summed E-state index contributed by atoms with van der Waals surface area (Å²) in [7, 11) is 0. The molecule has 0 bridgehead atoms. The van der Waals surface area contributed by atoms with Crippen LogP contribution in [0.1, 0.15) is 0 Å². The zero-order valence-electron chi connectivity index (χ0n) is 10.6. The molecule has 1 heterocycles. The molecular weight excluding hydrogens is 328 g/mol. The van der Waals surface area contributed by atoms with E-state index in [2.05, 4.69) is 82.7 Å². The topological polar surface area (TPSA) is 0 Å². The van der Waals surface area contributed by atoms with E-state index in [-0.39, 0.29) is 0 Å². The van der Waals surface area contributed by atoms with E-state index in [9.17, 15) is 0 Å². The number of rotatable bonds is 1. The molecule has 0 aliphatic carbocycles. The summed E-state index contributed by atoms with van der Waals surface area (Å²) in [5.74, 6) is 0. The Labute approximate surface area is 129 Å². The summed E-state index contributed by atoms with van der Waals surface area (Å²) in [6.07, 6.45) is 0. The first-order valence-electron chi connectivity index (χ1n) is 6.50. The highest BCUT2D eigenvalue weighted by Gasteiger charge is 2.12. The van der Waals surface area contributed by atoms with Crippen molar-refractivity contribution in [3.63, 3.8) is 0 Å². The fourth-order valence-corrected chi connectivity index (χ4v) is 4.57. The van der Waals surface area contributed by atoms with Crippen molar-refractivity contribution in [2.45, 2.75) is 0 Å². The van der Waals surface area contributed by atoms with Crippen LogP contribution >= 0.6 is 27.3 Å². The molecule has 0 spiro atoms. The third kappa shape index (κ3) is 1.80. The molecule has 0 aliphatic heterocycles. The van der Waals surface area contributed by atoms with Gasteiger partial charge in [0.05, 0.1) is 0 Å². The van der Waals surface area contributed by atoms with Crippen molar-refractivity contribution < 1.29 is 0 Å². The van der Waals surface area contributed by atoms with Gasteiger partial charge >= 0.3 is 0 Å². The number of hydrogen-bond donors (Lipinski definition) is 0. The third-order valence-electron chi connectivity index (χ3n) is 3.56. The first-order chi connectivity index (χ1) is 9.84. The normalized spacial score (nSPS) is 11.2. The number of halogens is 1. The molecule has 0 radical (unpaired) electrons. The van der Waals surface area contributed by atoms with Crippen LogP contribution in [0.15, 0.2) is 71.2 Å². The molecule has 96 valence electrons. The van der Waals surface area contributed by atoms with Gasteiger partial charge in [-0.25, -0.2) is 0 Å². The van der Waals surface area contributed by atoms with Gasteiger partial charge in [0.2, 0.25) is 0 Å². The van der Waals surface area contributed by atoms with Gasteiger partial charge in [-0.2, -0.15) is 0 Å². The first kappa shape index (κ1) is 12.1. The van der Waals surface area contributed by atoms with Crippen LogP contribution in [0.25, 0.3) is 31.3 Å². The molecule has 1 aromatic heterocycles. The molecule has 0 fully saturated rings. The van der Waals surface area contributed by atoms with Crippen molar-refractivity contribution >= 4 is 47.4 Å². The van der Waals surface area contributed by atoms with Crippen molar-refractivity contribution in [3.05, 3.63) is 71.2 Å². The summed E-state index contributed by atoms with van der Waals surface area (Å²) in [4.78, 5) is 0. The number of fused-ring (bicyclic) bond motifs is 3. The monoisotopic (exact) mass is 338 g/mol. The fourth-order valence-electron chi connectivity index (χ4n) is 2.63. The zero-order valence-corrected chi connectivity index (χ0v) is 13.0. The molecule has 4 aromatic rings. The Kier molecular flexibility index (Phi) is 2.86. The lowest BCUT2D eigenvalue weighted by Crippen LogP contribution is -1.78. The second-order valence-electron chi connectivity index (χ2n) is 4.76. The van der Waals surface area contributed by atoms with E-state index >= 15 is 0 Å². The molecular formula is C18H11BrS. The van der Waals surface area contributed by atoms with Gasteiger partial charge in [0.25, 0.3) is 0 Å². The number of benzene rings is 3. The van der Waals surface area contributed by atoms with Crippen LogP contribution in [-0.4, -0.2) is 0 Å². The Balaban J connectivity index is 2.16. The maximum absolute atomic E-state index is 3.71. The predicted octanol–water partition coefficient (Wildman–Crippen LogP) is 6.48. The van der Waals surface area contributed by atoms with E-state index in [4.69, 9.17) is 0 Å². The van der Waals surface area contributed by atoms with E-state index in [1.807, 2.05) is 11.3 Å². The summed E-state index contributed by atoms with van der Waals surface area (Å²) in [5, 5.41) is 2.66. The van der Waals surface area contributed by atoms with Crippen LogP contribution in [-0.2, 0) is 0 Å². The lowest BCUT2D eigenvalue weighted by Gasteiger charge is -2.04. The molecule has 0 unspecified atom stereocenters. The van der Waals surface area contributed by atoms with Crippen molar-refractivity contribution in [2.75, 3.05) is 0 Å². The van der Waals surface area contributed by atoms with Crippen LogP contribution in [0, 0.1) is 0 Å². The quantitative estimate of drug-likeness (QED) is 0.372. The van der Waals surface area contributed by atoms with Crippen LogP contribution < -0.4 is 0 Å². The van der Waals surface area contributed by atoms with Crippen LogP contribution in [0.4, 0.5) is 0 Å². The van der Waals surface area contributed by atoms with E-state index in [1.165, 1.54) is 35.8 Å². The highest BCUT2D eigenvalue weighted by molar-refractivity contribution is 9.10. The van der Waals surface area contributed by atoms with Gasteiger partial charge in [-0.3, -0.25) is 0 Å². The molecule has 4 rings (SSSR count). The van der Waals surface area contributed by atoms with E-state index in [1.54, 1.807) is 0 Å². The molecule has 0 N–H and O–H groups in total. The highest BCUT2D eigenvalue weighted by Crippen LogP contribution is 2.43. The number of thiophene rings is 1. The predicted molar refractivity (Wildman–Crippen MR) is 92.5 cm³/mol. The SMILES string of the molecule is Brc1ccc(-c2ccccc2)c2sc3ccccc3c12. The molecule has 0 amide bonds. The van der Waals surface area contributed by atoms with E-state index in [0.717, 1.165) is 0 Å². The van der Waals surface area contributed by atoms with Crippen LogP contribution in [0.3, 0.4) is 0 Å². The second-order valence-corrected chi connectivity index (χ2v) is 6.67. The second kappa shape index (κ2) is 4.72. The Morgan fingerprint density at radius 2 is 1.50 bits per heavy atom. The van der Waals surface area contributed by atoms with Gasteiger partial charge in [0, 0.05) is 24.6 Å². The first-order valence-corrected chi connectivity index (χ1v) is 8.11. The Hall–Kier alpha value is -1.64.